The first-order valence-corrected chi connectivity index (χ1v) is 24.3. The van der Waals surface area contributed by atoms with Crippen LogP contribution in [0.5, 0.6) is 11.5 Å². The van der Waals surface area contributed by atoms with Crippen molar-refractivity contribution in [2.75, 3.05) is 11.9 Å². The summed E-state index contributed by atoms with van der Waals surface area (Å²) < 4.78 is 29.6. The molecule has 5 amide bonds. The number of hydroxylamine groups is 2. The second kappa shape index (κ2) is 17.9. The van der Waals surface area contributed by atoms with Crippen LogP contribution < -0.4 is 20.1 Å². The molecule has 4 atom stereocenters. The fraction of sp³-hybridized carbons (Fsp3) is 0.412. The van der Waals surface area contributed by atoms with Gasteiger partial charge < -0.3 is 38.9 Å². The number of amides is 5. The van der Waals surface area contributed by atoms with E-state index in [9.17, 15) is 43.5 Å². The van der Waals surface area contributed by atoms with Gasteiger partial charge in [-0.15, -0.1) is 11.3 Å². The third-order valence-corrected chi connectivity index (χ3v) is 13.1. The number of anilines is 1. The molecule has 5 aliphatic rings. The summed E-state index contributed by atoms with van der Waals surface area (Å²) in [6.07, 6.45) is -0.475. The number of carboxylic acid groups (broad SMARTS) is 1. The van der Waals surface area contributed by atoms with E-state index in [0.717, 1.165) is 11.3 Å². The number of thiazole rings is 1. The van der Waals surface area contributed by atoms with Gasteiger partial charge in [0.2, 0.25) is 5.60 Å². The summed E-state index contributed by atoms with van der Waals surface area (Å²) in [5.41, 5.74) is -7.59. The first-order valence-electron chi connectivity index (χ1n) is 23.4. The number of nitrogens with one attached hydrogen (secondary N) is 2. The second-order valence-electron chi connectivity index (χ2n) is 21.2. The Morgan fingerprint density at radius 1 is 0.797 bits per heavy atom. The molecule has 4 aromatic rings. The molecule has 1 aromatic heterocycles. The van der Waals surface area contributed by atoms with Crippen molar-refractivity contribution in [1.29, 1.82) is 0 Å². The third-order valence-electron chi connectivity index (χ3n) is 12.4. The third kappa shape index (κ3) is 9.03. The number of ether oxygens (including phenoxy) is 5. The number of fused-ring (bicyclic) bond motifs is 2. The van der Waals surface area contributed by atoms with Crippen LogP contribution >= 0.6 is 11.3 Å². The molecule has 74 heavy (non-hydrogen) atoms. The zero-order valence-corrected chi connectivity index (χ0v) is 42.4. The molecule has 23 heteroatoms. The lowest BCUT2D eigenvalue weighted by Gasteiger charge is -2.42. The van der Waals surface area contributed by atoms with E-state index in [2.05, 4.69) is 20.8 Å². The van der Waals surface area contributed by atoms with Gasteiger partial charge in [-0.05, 0) is 59.1 Å². The number of aliphatic carboxylic acids is 1. The first kappa shape index (κ1) is 51.0. The number of nitrogens with zero attached hydrogens (tertiary/aromatic N) is 4. The first-order chi connectivity index (χ1) is 34.7. The maximum Gasteiger partial charge on any atom is 0.413 e. The highest BCUT2D eigenvalue weighted by Crippen LogP contribution is 2.53. The highest BCUT2D eigenvalue weighted by Gasteiger charge is 2.73. The largest absolute Gasteiger partial charge is 0.477 e. The zero-order chi connectivity index (χ0) is 53.5. The Bertz CT molecular complexity index is 2960. The number of cyclic esters (lactones) is 1. The molecule has 1 aliphatic carbocycles. The van der Waals surface area contributed by atoms with Crippen LogP contribution in [0.1, 0.15) is 113 Å². The van der Waals surface area contributed by atoms with Crippen molar-refractivity contribution in [3.8, 4) is 11.5 Å². The predicted molar refractivity (Wildman–Crippen MR) is 257 cm³/mol. The number of imide groups is 1. The van der Waals surface area contributed by atoms with Crippen LogP contribution in [-0.4, -0.2) is 115 Å². The number of oxime groups is 1. The maximum absolute atomic E-state index is 14.6. The molecule has 0 bridgehead atoms. The minimum atomic E-state index is -3.03. The average Bonchev–Trinajstić information content (AvgIpc) is 3.60. The summed E-state index contributed by atoms with van der Waals surface area (Å²) in [6.45, 7) is 13.8. The Morgan fingerprint density at radius 3 is 1.85 bits per heavy atom. The van der Waals surface area contributed by atoms with Crippen LogP contribution in [0.15, 0.2) is 83.3 Å². The topological polar surface area (TPSA) is 277 Å². The van der Waals surface area contributed by atoms with Crippen LogP contribution in [0.3, 0.4) is 0 Å². The molecule has 388 valence electrons. The summed E-state index contributed by atoms with van der Waals surface area (Å²) in [4.78, 5) is 128. The van der Waals surface area contributed by atoms with Gasteiger partial charge in [-0.25, -0.2) is 24.2 Å². The Kier molecular flexibility index (Phi) is 12.4. The van der Waals surface area contributed by atoms with Crippen LogP contribution in [0, 0.1) is 11.3 Å². The maximum atomic E-state index is 14.6. The molecule has 5 heterocycles. The second-order valence-corrected chi connectivity index (χ2v) is 22.1. The highest BCUT2D eigenvalue weighted by atomic mass is 32.1. The van der Waals surface area contributed by atoms with Crippen LogP contribution in [0.25, 0.3) is 0 Å². The quantitative estimate of drug-likeness (QED) is 0.0506. The minimum absolute atomic E-state index is 0.0271. The SMILES string of the molecule is CC(C)(C)OC(=O)Nc1nc(/C(=N/OC2(C(=O)OC(C)(C)C)CC2)C(=O)N[C@H]2CON(C3(C(=O)O)OC(=O)[C@@H](N4C(=O)c5cc6c(cc5C4=O)OC(c4ccccc4)(c4ccccc4)O6)C3C(C)(C)C)C2=O)cs1. The number of carbonyl (C=O) groups excluding carboxylic acids is 7. The molecule has 3 aromatic carbocycles. The predicted octanol–water partition coefficient (Wildman–Crippen LogP) is 5.68. The number of hydrogen-bond donors (Lipinski definition) is 3. The Labute approximate surface area is 427 Å². The van der Waals surface area contributed by atoms with Crippen LogP contribution in [0.2, 0.25) is 0 Å². The number of carboxylic acids is 1. The van der Waals surface area contributed by atoms with Crippen LogP contribution in [0.4, 0.5) is 9.93 Å². The van der Waals surface area contributed by atoms with Gasteiger partial charge in [0, 0.05) is 29.3 Å². The van der Waals surface area contributed by atoms with Crippen molar-refractivity contribution in [2.24, 2.45) is 16.5 Å². The number of esters is 2. The monoisotopic (exact) mass is 1040 g/mol. The fourth-order valence-corrected chi connectivity index (χ4v) is 9.78. The van der Waals surface area contributed by atoms with Gasteiger partial charge in [0.05, 0.1) is 17.0 Å². The molecule has 9 rings (SSSR count). The molecule has 3 N–H and O–H groups in total. The number of hydrogen-bond acceptors (Lipinski definition) is 18. The summed E-state index contributed by atoms with van der Waals surface area (Å²) >= 11 is 0.880. The zero-order valence-electron chi connectivity index (χ0n) is 41.6. The molecule has 4 aliphatic heterocycles. The summed E-state index contributed by atoms with van der Waals surface area (Å²) in [6, 6.07) is 17.1. The number of aromatic nitrogens is 1. The molecular formula is C51H52N6O16S. The molecule has 0 radical (unpaired) electrons. The normalized spacial score (nSPS) is 22.8. The molecule has 3 fully saturated rings. The van der Waals surface area contributed by atoms with E-state index >= 15 is 0 Å². The highest BCUT2D eigenvalue weighted by molar-refractivity contribution is 7.14. The van der Waals surface area contributed by atoms with E-state index < -0.39 is 112 Å². The standard InChI is InChI=1S/C51H52N6O16S/c1-46(2,3)36-35(56-38(59)28-22-32-33(23-29(28)39(56)60)69-51(68-32,26-16-12-10-13-17-26)27-18-14-11-15-19-27)41(62)70-50(36,42(63)64)57-40(61)30(24-67-57)52-37(58)34(55-73-49(20-21-49)43(65)71-47(4,5)6)31-25-74-44(53-31)54-45(66)72-48(7,8)9/h10-19,22-23,25,30,35-36H,20-21,24H2,1-9H3,(H,52,58)(H,63,64)(H,53,54,66)/b55-34-/t30-,35-,36?,50?/m0/s1. The average molecular weight is 1040 g/mol. The number of benzene rings is 3. The summed E-state index contributed by atoms with van der Waals surface area (Å²) in [7, 11) is 0. The van der Waals surface area contributed by atoms with E-state index in [0.29, 0.717) is 21.1 Å². The molecule has 2 saturated heterocycles. The van der Waals surface area contributed by atoms with E-state index in [1.807, 2.05) is 12.1 Å². The van der Waals surface area contributed by atoms with Gasteiger partial charge in [0.15, 0.2) is 22.3 Å². The van der Waals surface area contributed by atoms with E-state index in [1.54, 1.807) is 90.1 Å². The molecule has 1 saturated carbocycles. The molecule has 0 spiro atoms. The van der Waals surface area contributed by atoms with Gasteiger partial charge in [-0.2, -0.15) is 5.06 Å². The summed E-state index contributed by atoms with van der Waals surface area (Å²) in [5, 5.41) is 21.7. The molecule has 22 nitrogen and oxygen atoms in total. The van der Waals surface area contributed by atoms with Crippen molar-refractivity contribution in [2.45, 2.75) is 116 Å². The minimum Gasteiger partial charge on any atom is -0.477 e. The van der Waals surface area contributed by atoms with Gasteiger partial charge >= 0.3 is 35.5 Å². The van der Waals surface area contributed by atoms with Gasteiger partial charge in [0.1, 0.15) is 35.6 Å². The van der Waals surface area contributed by atoms with E-state index in [1.165, 1.54) is 38.3 Å². The molecular weight excluding hydrogens is 985 g/mol. The number of rotatable bonds is 12. The van der Waals surface area contributed by atoms with Crippen molar-refractivity contribution in [3.05, 3.63) is 106 Å². The van der Waals surface area contributed by atoms with Crippen molar-refractivity contribution >= 4 is 69.8 Å². The smallest absolute Gasteiger partial charge is 0.413 e. The fourth-order valence-electron chi connectivity index (χ4n) is 9.10. The Morgan fingerprint density at radius 2 is 1.35 bits per heavy atom. The van der Waals surface area contributed by atoms with E-state index in [-0.39, 0.29) is 46.3 Å². The summed E-state index contributed by atoms with van der Waals surface area (Å²) in [5.74, 6) is -11.3. The molecule has 2 unspecified atom stereocenters. The lowest BCUT2D eigenvalue weighted by atomic mass is 9.70. The van der Waals surface area contributed by atoms with Crippen molar-refractivity contribution < 1.29 is 76.8 Å². The van der Waals surface area contributed by atoms with Gasteiger partial charge in [0.25, 0.3) is 23.6 Å². The van der Waals surface area contributed by atoms with Gasteiger partial charge in [-0.3, -0.25) is 34.2 Å². The van der Waals surface area contributed by atoms with Crippen LogP contribution in [-0.2, 0) is 53.6 Å². The number of carbonyl (C=O) groups is 8. The lowest BCUT2D eigenvalue weighted by molar-refractivity contribution is -0.274. The van der Waals surface area contributed by atoms with Crippen molar-refractivity contribution in [3.63, 3.8) is 0 Å². The van der Waals surface area contributed by atoms with Gasteiger partial charge in [-0.1, -0.05) is 86.6 Å². The Hall–Kier alpha value is -7.92. The van der Waals surface area contributed by atoms with Crippen molar-refractivity contribution in [1.82, 2.24) is 20.3 Å². The Balaban J connectivity index is 0.988. The lowest BCUT2D eigenvalue weighted by Crippen LogP contribution is -2.65. The van der Waals surface area contributed by atoms with E-state index in [4.69, 9.17) is 33.4 Å².